The number of phenolic OH excluding ortho intramolecular Hbond substituents is 1. The van der Waals surface area contributed by atoms with Gasteiger partial charge in [0.25, 0.3) is 0 Å². The van der Waals surface area contributed by atoms with Gasteiger partial charge in [0, 0.05) is 24.6 Å². The van der Waals surface area contributed by atoms with Crippen LogP contribution in [0, 0.1) is 5.92 Å². The van der Waals surface area contributed by atoms with Crippen molar-refractivity contribution in [1.82, 2.24) is 4.90 Å². The van der Waals surface area contributed by atoms with Crippen LogP contribution >= 0.6 is 0 Å². The summed E-state index contributed by atoms with van der Waals surface area (Å²) in [4.78, 5) is 2.69. The third-order valence-corrected chi connectivity index (χ3v) is 6.66. The highest BCUT2D eigenvalue weighted by Crippen LogP contribution is 2.56. The van der Waals surface area contributed by atoms with Gasteiger partial charge in [0.05, 0.1) is 6.61 Å². The SMILES string of the molecule is CCOCCN1CC[C@@]23CCCC[C@H]2[C@@H]1Cc1ccc(O)cc13. The topological polar surface area (TPSA) is 32.7 Å². The van der Waals surface area contributed by atoms with E-state index in [4.69, 9.17) is 4.74 Å². The minimum Gasteiger partial charge on any atom is -0.508 e. The lowest BCUT2D eigenvalue weighted by atomic mass is 9.52. The van der Waals surface area contributed by atoms with Crippen LogP contribution in [-0.2, 0) is 16.6 Å². The lowest BCUT2D eigenvalue weighted by Crippen LogP contribution is -2.61. The van der Waals surface area contributed by atoms with E-state index in [1.807, 2.05) is 6.07 Å². The summed E-state index contributed by atoms with van der Waals surface area (Å²) >= 11 is 0. The average molecular weight is 315 g/mol. The fourth-order valence-corrected chi connectivity index (χ4v) is 5.68. The third-order valence-electron chi connectivity index (χ3n) is 6.66. The summed E-state index contributed by atoms with van der Waals surface area (Å²) in [6.45, 7) is 6.00. The van der Waals surface area contributed by atoms with Gasteiger partial charge in [0.1, 0.15) is 5.75 Å². The highest BCUT2D eigenvalue weighted by atomic mass is 16.5. The number of fused-ring (bicyclic) bond motifs is 1. The van der Waals surface area contributed by atoms with Gasteiger partial charge in [0.2, 0.25) is 0 Å². The fourth-order valence-electron chi connectivity index (χ4n) is 5.68. The Morgan fingerprint density at radius 3 is 3.09 bits per heavy atom. The molecule has 3 nitrogen and oxygen atoms in total. The first-order valence-corrected chi connectivity index (χ1v) is 9.39. The number of likely N-dealkylation sites (tertiary alicyclic amines) is 1. The highest BCUT2D eigenvalue weighted by Gasteiger charge is 2.53. The number of piperidine rings is 1. The van der Waals surface area contributed by atoms with E-state index in [0.717, 1.165) is 32.1 Å². The average Bonchev–Trinajstić information content (AvgIpc) is 2.57. The van der Waals surface area contributed by atoms with Crippen molar-refractivity contribution in [1.29, 1.82) is 0 Å². The highest BCUT2D eigenvalue weighted by molar-refractivity contribution is 5.45. The molecular formula is C20H29NO2. The summed E-state index contributed by atoms with van der Waals surface area (Å²) in [5, 5.41) is 10.0. The molecule has 2 bridgehead atoms. The number of aromatic hydroxyl groups is 1. The Morgan fingerprint density at radius 2 is 2.22 bits per heavy atom. The van der Waals surface area contributed by atoms with Gasteiger partial charge in [-0.3, -0.25) is 4.90 Å². The molecule has 1 aliphatic heterocycles. The van der Waals surface area contributed by atoms with Crippen molar-refractivity contribution in [3.05, 3.63) is 29.3 Å². The Labute approximate surface area is 139 Å². The second kappa shape index (κ2) is 6.10. The molecule has 1 aromatic rings. The van der Waals surface area contributed by atoms with Crippen molar-refractivity contribution in [2.75, 3.05) is 26.3 Å². The van der Waals surface area contributed by atoms with E-state index in [0.29, 0.717) is 17.2 Å². The van der Waals surface area contributed by atoms with Crippen LogP contribution in [-0.4, -0.2) is 42.4 Å². The van der Waals surface area contributed by atoms with Gasteiger partial charge in [-0.2, -0.15) is 0 Å². The van der Waals surface area contributed by atoms with Crippen molar-refractivity contribution in [3.8, 4) is 5.75 Å². The molecule has 3 heteroatoms. The maximum absolute atomic E-state index is 10.0. The van der Waals surface area contributed by atoms with Gasteiger partial charge in [-0.05, 0) is 68.3 Å². The molecule has 1 N–H and O–H groups in total. The van der Waals surface area contributed by atoms with Crippen molar-refractivity contribution >= 4 is 0 Å². The lowest BCUT2D eigenvalue weighted by molar-refractivity contribution is -0.0235. The van der Waals surface area contributed by atoms with Gasteiger partial charge in [-0.1, -0.05) is 18.9 Å². The van der Waals surface area contributed by atoms with Crippen LogP contribution in [0.3, 0.4) is 0 Å². The Hall–Kier alpha value is -1.06. The zero-order valence-electron chi connectivity index (χ0n) is 14.3. The Bertz CT molecular complexity index is 573. The molecule has 1 aromatic carbocycles. The lowest BCUT2D eigenvalue weighted by Gasteiger charge is -2.59. The van der Waals surface area contributed by atoms with E-state index in [9.17, 15) is 5.11 Å². The standard InChI is InChI=1S/C20H29NO2/c1-2-23-12-11-21-10-9-20-8-4-3-5-17(20)19(21)13-15-6-7-16(22)14-18(15)20/h6-7,14,17,19,22H,2-5,8-13H2,1H3/t17-,19-,20-/m0/s1. The van der Waals surface area contributed by atoms with E-state index in [1.165, 1.54) is 49.8 Å². The molecule has 126 valence electrons. The second-order valence-corrected chi connectivity index (χ2v) is 7.60. The Balaban J connectivity index is 1.68. The summed E-state index contributed by atoms with van der Waals surface area (Å²) < 4.78 is 5.62. The molecule has 0 unspecified atom stereocenters. The molecular weight excluding hydrogens is 286 g/mol. The monoisotopic (exact) mass is 315 g/mol. The molecule has 1 saturated carbocycles. The van der Waals surface area contributed by atoms with Gasteiger partial charge < -0.3 is 9.84 Å². The second-order valence-electron chi connectivity index (χ2n) is 7.60. The first-order chi connectivity index (χ1) is 11.2. The number of rotatable bonds is 4. The molecule has 0 aromatic heterocycles. The molecule has 0 spiro atoms. The third kappa shape index (κ3) is 2.49. The van der Waals surface area contributed by atoms with Crippen LogP contribution in [0.25, 0.3) is 0 Å². The summed E-state index contributed by atoms with van der Waals surface area (Å²) in [5.74, 6) is 1.21. The predicted molar refractivity (Wildman–Crippen MR) is 91.9 cm³/mol. The minimum atomic E-state index is 0.331. The number of ether oxygens (including phenoxy) is 1. The molecule has 3 atom stereocenters. The van der Waals surface area contributed by atoms with Crippen molar-refractivity contribution in [3.63, 3.8) is 0 Å². The van der Waals surface area contributed by atoms with Gasteiger partial charge in [0.15, 0.2) is 0 Å². The van der Waals surface area contributed by atoms with E-state index in [1.54, 1.807) is 0 Å². The largest absolute Gasteiger partial charge is 0.508 e. The van der Waals surface area contributed by atoms with Gasteiger partial charge >= 0.3 is 0 Å². The van der Waals surface area contributed by atoms with Crippen LogP contribution in [0.5, 0.6) is 5.75 Å². The smallest absolute Gasteiger partial charge is 0.115 e. The van der Waals surface area contributed by atoms with Crippen LogP contribution in [0.2, 0.25) is 0 Å². The van der Waals surface area contributed by atoms with Crippen LogP contribution in [0.1, 0.15) is 50.2 Å². The predicted octanol–water partition coefficient (Wildman–Crippen LogP) is 3.49. The number of phenols is 1. The number of nitrogens with zero attached hydrogens (tertiary/aromatic N) is 1. The van der Waals surface area contributed by atoms with Gasteiger partial charge in [-0.15, -0.1) is 0 Å². The molecule has 4 rings (SSSR count). The van der Waals surface area contributed by atoms with E-state index in [-0.39, 0.29) is 0 Å². The maximum atomic E-state index is 10.0. The molecule has 3 aliphatic rings. The normalized spacial score (nSPS) is 33.1. The fraction of sp³-hybridized carbons (Fsp3) is 0.700. The summed E-state index contributed by atoms with van der Waals surface area (Å²) in [5.41, 5.74) is 3.28. The van der Waals surface area contributed by atoms with Gasteiger partial charge in [-0.25, -0.2) is 0 Å². The van der Waals surface area contributed by atoms with Crippen molar-refractivity contribution < 1.29 is 9.84 Å². The zero-order chi connectivity index (χ0) is 15.9. The number of hydrogen-bond donors (Lipinski definition) is 1. The van der Waals surface area contributed by atoms with E-state index >= 15 is 0 Å². The summed E-state index contributed by atoms with van der Waals surface area (Å²) in [6, 6.07) is 6.80. The quantitative estimate of drug-likeness (QED) is 0.863. The molecule has 0 amide bonds. The Kier molecular flexibility index (Phi) is 4.10. The summed E-state index contributed by atoms with van der Waals surface area (Å²) in [7, 11) is 0. The molecule has 1 saturated heterocycles. The molecule has 2 aliphatic carbocycles. The molecule has 23 heavy (non-hydrogen) atoms. The molecule has 1 heterocycles. The van der Waals surface area contributed by atoms with E-state index in [2.05, 4.69) is 24.0 Å². The molecule has 2 fully saturated rings. The van der Waals surface area contributed by atoms with Crippen molar-refractivity contribution in [2.45, 2.75) is 56.9 Å². The van der Waals surface area contributed by atoms with Crippen LogP contribution in [0.15, 0.2) is 18.2 Å². The van der Waals surface area contributed by atoms with Crippen LogP contribution < -0.4 is 0 Å². The maximum Gasteiger partial charge on any atom is 0.115 e. The van der Waals surface area contributed by atoms with E-state index < -0.39 is 0 Å². The summed E-state index contributed by atoms with van der Waals surface area (Å²) in [6.07, 6.45) is 7.77. The van der Waals surface area contributed by atoms with Crippen molar-refractivity contribution in [2.24, 2.45) is 5.92 Å². The zero-order valence-corrected chi connectivity index (χ0v) is 14.3. The minimum absolute atomic E-state index is 0.331. The first kappa shape index (κ1) is 15.5. The van der Waals surface area contributed by atoms with Crippen LogP contribution in [0.4, 0.5) is 0 Å². The molecule has 0 radical (unpaired) electrons. The number of benzene rings is 1. The number of hydrogen-bond acceptors (Lipinski definition) is 3. The first-order valence-electron chi connectivity index (χ1n) is 9.39. The Morgan fingerprint density at radius 1 is 1.30 bits per heavy atom.